The SMILES string of the molecule is Cc1nnc2n1CCN(C(=O)[C@@H]1Cc3ccccc3O[C@H]1C(F)F)C2. The number of carbonyl (C=O) groups is 1. The Morgan fingerprint density at radius 3 is 2.88 bits per heavy atom. The van der Waals surface area contributed by atoms with Gasteiger partial charge >= 0.3 is 0 Å². The van der Waals surface area contributed by atoms with Gasteiger partial charge in [0, 0.05) is 13.1 Å². The summed E-state index contributed by atoms with van der Waals surface area (Å²) in [6, 6.07) is 7.03. The van der Waals surface area contributed by atoms with Crippen molar-refractivity contribution in [2.75, 3.05) is 6.54 Å². The minimum absolute atomic E-state index is 0.256. The molecule has 2 aliphatic rings. The number of aryl methyl sites for hydroxylation is 1. The number of amides is 1. The number of carbonyl (C=O) groups excluding carboxylic acids is 1. The summed E-state index contributed by atoms with van der Waals surface area (Å²) in [5.41, 5.74) is 0.786. The molecular formula is C17H18F2N4O2. The Balaban J connectivity index is 1.58. The van der Waals surface area contributed by atoms with Crippen LogP contribution < -0.4 is 4.74 Å². The highest BCUT2D eigenvalue weighted by molar-refractivity contribution is 5.80. The van der Waals surface area contributed by atoms with E-state index in [4.69, 9.17) is 4.74 Å². The number of halogens is 2. The molecule has 2 aliphatic heterocycles. The Hall–Kier alpha value is -2.51. The van der Waals surface area contributed by atoms with Gasteiger partial charge in [-0.2, -0.15) is 0 Å². The fourth-order valence-corrected chi connectivity index (χ4v) is 3.55. The zero-order chi connectivity index (χ0) is 17.6. The number of nitrogens with zero attached hydrogens (tertiary/aromatic N) is 4. The maximum absolute atomic E-state index is 13.5. The van der Waals surface area contributed by atoms with Crippen molar-refractivity contribution in [3.63, 3.8) is 0 Å². The minimum atomic E-state index is -2.72. The van der Waals surface area contributed by atoms with Gasteiger partial charge in [-0.15, -0.1) is 10.2 Å². The van der Waals surface area contributed by atoms with Gasteiger partial charge < -0.3 is 14.2 Å². The number of hydrogen-bond donors (Lipinski definition) is 0. The lowest BCUT2D eigenvalue weighted by Crippen LogP contribution is -2.50. The molecule has 4 rings (SSSR count). The van der Waals surface area contributed by atoms with Gasteiger partial charge in [0.05, 0.1) is 12.5 Å². The third kappa shape index (κ3) is 2.75. The van der Waals surface area contributed by atoms with Crippen molar-refractivity contribution >= 4 is 5.91 Å². The van der Waals surface area contributed by atoms with Crippen molar-refractivity contribution in [2.45, 2.75) is 39.0 Å². The zero-order valence-electron chi connectivity index (χ0n) is 13.7. The first kappa shape index (κ1) is 16.0. The van der Waals surface area contributed by atoms with E-state index in [1.807, 2.05) is 23.6 Å². The highest BCUT2D eigenvalue weighted by atomic mass is 19.3. The zero-order valence-corrected chi connectivity index (χ0v) is 13.7. The smallest absolute Gasteiger partial charge is 0.275 e. The molecule has 1 amide bonds. The van der Waals surface area contributed by atoms with Gasteiger partial charge in [0.2, 0.25) is 5.91 Å². The van der Waals surface area contributed by atoms with Gasteiger partial charge in [-0.25, -0.2) is 8.78 Å². The fraction of sp³-hybridized carbons (Fsp3) is 0.471. The highest BCUT2D eigenvalue weighted by Gasteiger charge is 2.43. The monoisotopic (exact) mass is 348 g/mol. The predicted octanol–water partition coefficient (Wildman–Crippen LogP) is 1.81. The third-order valence-electron chi connectivity index (χ3n) is 4.89. The Morgan fingerprint density at radius 1 is 1.28 bits per heavy atom. The number of rotatable bonds is 2. The lowest BCUT2D eigenvalue weighted by molar-refractivity contribution is -0.145. The van der Waals surface area contributed by atoms with E-state index >= 15 is 0 Å². The summed E-state index contributed by atoms with van der Waals surface area (Å²) in [6.45, 7) is 3.17. The van der Waals surface area contributed by atoms with Crippen molar-refractivity contribution in [1.29, 1.82) is 0 Å². The Kier molecular flexibility index (Phi) is 3.89. The molecule has 132 valence electrons. The maximum atomic E-state index is 13.5. The van der Waals surface area contributed by atoms with Crippen molar-refractivity contribution < 1.29 is 18.3 Å². The van der Waals surface area contributed by atoms with Crippen LogP contribution in [0.2, 0.25) is 0 Å². The molecule has 8 heteroatoms. The molecule has 0 spiro atoms. The number of alkyl halides is 2. The summed E-state index contributed by atoms with van der Waals surface area (Å²) in [4.78, 5) is 14.5. The van der Waals surface area contributed by atoms with Gasteiger partial charge in [-0.1, -0.05) is 18.2 Å². The second kappa shape index (κ2) is 6.09. The average Bonchev–Trinajstić information content (AvgIpc) is 3.00. The molecule has 0 saturated heterocycles. The predicted molar refractivity (Wildman–Crippen MR) is 84.2 cm³/mol. The van der Waals surface area contributed by atoms with E-state index < -0.39 is 18.4 Å². The summed E-state index contributed by atoms with van der Waals surface area (Å²) >= 11 is 0. The highest BCUT2D eigenvalue weighted by Crippen LogP contribution is 2.34. The molecule has 0 N–H and O–H groups in total. The molecule has 3 heterocycles. The van der Waals surface area contributed by atoms with Crippen molar-refractivity contribution in [2.24, 2.45) is 5.92 Å². The van der Waals surface area contributed by atoms with E-state index in [0.29, 0.717) is 24.7 Å². The average molecular weight is 348 g/mol. The first-order valence-corrected chi connectivity index (χ1v) is 8.25. The van der Waals surface area contributed by atoms with Gasteiger partial charge in [0.15, 0.2) is 11.9 Å². The van der Waals surface area contributed by atoms with Crippen LogP contribution in [-0.2, 0) is 24.3 Å². The Labute approximate surface area is 143 Å². The lowest BCUT2D eigenvalue weighted by Gasteiger charge is -2.36. The normalized spacial score (nSPS) is 22.3. The molecule has 0 radical (unpaired) electrons. The fourth-order valence-electron chi connectivity index (χ4n) is 3.55. The molecule has 0 unspecified atom stereocenters. The molecule has 25 heavy (non-hydrogen) atoms. The molecule has 0 saturated carbocycles. The summed E-state index contributed by atoms with van der Waals surface area (Å²) in [6.07, 6.45) is -3.89. The van der Waals surface area contributed by atoms with Gasteiger partial charge in [0.1, 0.15) is 11.6 Å². The van der Waals surface area contributed by atoms with Crippen LogP contribution in [0.15, 0.2) is 24.3 Å². The maximum Gasteiger partial charge on any atom is 0.275 e. The second-order valence-electron chi connectivity index (χ2n) is 6.41. The van der Waals surface area contributed by atoms with Crippen LogP contribution >= 0.6 is 0 Å². The number of para-hydroxylation sites is 1. The molecule has 1 aromatic heterocycles. The Bertz CT molecular complexity index is 808. The van der Waals surface area contributed by atoms with Crippen LogP contribution in [0.3, 0.4) is 0 Å². The molecule has 6 nitrogen and oxygen atoms in total. The first-order valence-electron chi connectivity index (χ1n) is 8.25. The van der Waals surface area contributed by atoms with Gasteiger partial charge in [-0.05, 0) is 25.0 Å². The van der Waals surface area contributed by atoms with E-state index in [1.54, 1.807) is 17.0 Å². The number of fused-ring (bicyclic) bond motifs is 2. The number of ether oxygens (including phenoxy) is 1. The minimum Gasteiger partial charge on any atom is -0.483 e. The Morgan fingerprint density at radius 2 is 2.08 bits per heavy atom. The first-order chi connectivity index (χ1) is 12.0. The number of benzene rings is 1. The van der Waals surface area contributed by atoms with E-state index in [9.17, 15) is 13.6 Å². The second-order valence-corrected chi connectivity index (χ2v) is 6.41. The standard InChI is InChI=1S/C17H18F2N4O2/c1-10-20-21-14-9-22(6-7-23(10)14)17(24)12-8-11-4-2-3-5-13(11)25-15(12)16(18)19/h2-5,12,15-16H,6-9H2,1H3/t12-,15-/m1/s1. The summed E-state index contributed by atoms with van der Waals surface area (Å²) in [5, 5.41) is 8.07. The molecule has 2 atom stereocenters. The number of hydrogen-bond acceptors (Lipinski definition) is 4. The molecule has 0 aliphatic carbocycles. The topological polar surface area (TPSA) is 60.2 Å². The lowest BCUT2D eigenvalue weighted by atomic mass is 9.89. The summed E-state index contributed by atoms with van der Waals surface area (Å²) in [5.74, 6) is 0.702. The largest absolute Gasteiger partial charge is 0.483 e. The van der Waals surface area contributed by atoms with E-state index in [2.05, 4.69) is 10.2 Å². The van der Waals surface area contributed by atoms with Crippen LogP contribution in [0.1, 0.15) is 17.2 Å². The molecule has 0 bridgehead atoms. The van der Waals surface area contributed by atoms with Crippen LogP contribution in [0.4, 0.5) is 8.78 Å². The van der Waals surface area contributed by atoms with Crippen molar-refractivity contribution in [3.05, 3.63) is 41.5 Å². The molecule has 1 aromatic carbocycles. The van der Waals surface area contributed by atoms with Crippen molar-refractivity contribution in [3.8, 4) is 5.75 Å². The molecular weight excluding hydrogens is 330 g/mol. The van der Waals surface area contributed by atoms with E-state index in [0.717, 1.165) is 11.4 Å². The van der Waals surface area contributed by atoms with Gasteiger partial charge in [0.25, 0.3) is 6.43 Å². The molecule has 0 fully saturated rings. The van der Waals surface area contributed by atoms with Crippen molar-refractivity contribution in [1.82, 2.24) is 19.7 Å². The summed E-state index contributed by atoms with van der Waals surface area (Å²) in [7, 11) is 0. The van der Waals surface area contributed by atoms with Crippen LogP contribution in [0, 0.1) is 12.8 Å². The van der Waals surface area contributed by atoms with Crippen LogP contribution in [-0.4, -0.2) is 44.6 Å². The van der Waals surface area contributed by atoms with E-state index in [-0.39, 0.29) is 18.9 Å². The quantitative estimate of drug-likeness (QED) is 0.831. The molecule has 2 aromatic rings. The number of aromatic nitrogens is 3. The van der Waals surface area contributed by atoms with Crippen LogP contribution in [0.25, 0.3) is 0 Å². The van der Waals surface area contributed by atoms with Crippen LogP contribution in [0.5, 0.6) is 5.75 Å². The van der Waals surface area contributed by atoms with E-state index in [1.165, 1.54) is 0 Å². The summed E-state index contributed by atoms with van der Waals surface area (Å²) < 4.78 is 34.4. The third-order valence-corrected chi connectivity index (χ3v) is 4.89. The van der Waals surface area contributed by atoms with Gasteiger partial charge in [-0.3, -0.25) is 4.79 Å².